The van der Waals surface area contributed by atoms with E-state index in [1.54, 1.807) is 0 Å². The molecule has 0 spiro atoms. The molecule has 0 amide bonds. The first kappa shape index (κ1) is 16.5. The highest BCUT2D eigenvalue weighted by Gasteiger charge is 2.10. The Bertz CT molecular complexity index is 389. The third kappa shape index (κ3) is 6.57. The fraction of sp³-hybridized carbons (Fsp3) is 0.562. The normalized spacial score (nSPS) is 12.1. The number of ether oxygens (including phenoxy) is 1. The summed E-state index contributed by atoms with van der Waals surface area (Å²) in [6, 6.07) is 6.90. The summed E-state index contributed by atoms with van der Waals surface area (Å²) in [6.45, 7) is 2.93. The van der Waals surface area contributed by atoms with Crippen molar-refractivity contribution in [3.8, 4) is 5.75 Å². The molecule has 1 rings (SSSR count). The number of unbranched alkanes of at least 4 members (excludes halogenated alkanes) is 4. The van der Waals surface area contributed by atoms with Gasteiger partial charge in [0.15, 0.2) is 0 Å². The van der Waals surface area contributed by atoms with Gasteiger partial charge in [-0.3, -0.25) is 4.79 Å². The van der Waals surface area contributed by atoms with Crippen molar-refractivity contribution >= 4 is 5.97 Å². The van der Waals surface area contributed by atoms with Gasteiger partial charge in [-0.05, 0) is 24.1 Å². The number of hydrogen-bond donors (Lipinski definition) is 2. The summed E-state index contributed by atoms with van der Waals surface area (Å²) in [7, 11) is 0. The largest absolute Gasteiger partial charge is 0.494 e. The summed E-state index contributed by atoms with van der Waals surface area (Å²) in [5.41, 5.74) is 6.61. The van der Waals surface area contributed by atoms with Gasteiger partial charge in [-0.1, -0.05) is 44.7 Å². The van der Waals surface area contributed by atoms with Gasteiger partial charge in [0.25, 0.3) is 0 Å². The van der Waals surface area contributed by atoms with E-state index in [1.807, 2.05) is 24.3 Å². The molecule has 0 bridgehead atoms. The molecule has 0 radical (unpaired) electrons. The van der Waals surface area contributed by atoms with Crippen molar-refractivity contribution in [2.45, 2.75) is 51.5 Å². The smallest absolute Gasteiger partial charge is 0.305 e. The molecule has 20 heavy (non-hydrogen) atoms. The van der Waals surface area contributed by atoms with Crippen LogP contribution < -0.4 is 10.5 Å². The van der Waals surface area contributed by atoms with Crippen LogP contribution in [0.15, 0.2) is 24.3 Å². The second-order valence-electron chi connectivity index (χ2n) is 5.04. The molecule has 4 nitrogen and oxygen atoms in total. The number of aliphatic carboxylic acids is 1. The average Bonchev–Trinajstić information content (AvgIpc) is 2.42. The lowest BCUT2D eigenvalue weighted by Gasteiger charge is -2.11. The van der Waals surface area contributed by atoms with Crippen LogP contribution in [0.2, 0.25) is 0 Å². The summed E-state index contributed by atoms with van der Waals surface area (Å²) in [5, 5.41) is 8.70. The quantitative estimate of drug-likeness (QED) is 0.643. The van der Waals surface area contributed by atoms with E-state index in [0.717, 1.165) is 24.3 Å². The first-order valence-corrected chi connectivity index (χ1v) is 7.33. The van der Waals surface area contributed by atoms with E-state index in [9.17, 15) is 4.79 Å². The number of carboxylic acid groups (broad SMARTS) is 1. The SMILES string of the molecule is CCCCCCCOc1ccc(C(N)CC(=O)O)cc1. The van der Waals surface area contributed by atoms with E-state index >= 15 is 0 Å². The summed E-state index contributed by atoms with van der Waals surface area (Å²) in [4.78, 5) is 10.6. The Morgan fingerprint density at radius 2 is 1.85 bits per heavy atom. The number of hydrogen-bond acceptors (Lipinski definition) is 3. The fourth-order valence-corrected chi connectivity index (χ4v) is 2.01. The minimum absolute atomic E-state index is 0.0579. The number of rotatable bonds is 10. The lowest BCUT2D eigenvalue weighted by Crippen LogP contribution is -2.14. The fourth-order valence-electron chi connectivity index (χ4n) is 2.01. The highest BCUT2D eigenvalue weighted by molar-refractivity contribution is 5.67. The Morgan fingerprint density at radius 1 is 1.20 bits per heavy atom. The number of nitrogens with two attached hydrogens (primary N) is 1. The third-order valence-corrected chi connectivity index (χ3v) is 3.22. The average molecular weight is 279 g/mol. The minimum Gasteiger partial charge on any atom is -0.494 e. The van der Waals surface area contributed by atoms with Crippen molar-refractivity contribution in [2.24, 2.45) is 5.73 Å². The summed E-state index contributed by atoms with van der Waals surface area (Å²) in [6.07, 6.45) is 6.02. The highest BCUT2D eigenvalue weighted by Crippen LogP contribution is 2.18. The topological polar surface area (TPSA) is 72.5 Å². The van der Waals surface area contributed by atoms with Gasteiger partial charge in [0.1, 0.15) is 5.75 Å². The molecule has 3 N–H and O–H groups in total. The molecule has 0 aliphatic carbocycles. The molecule has 0 saturated heterocycles. The van der Waals surface area contributed by atoms with Crippen molar-refractivity contribution in [3.05, 3.63) is 29.8 Å². The number of carboxylic acids is 1. The molecule has 0 heterocycles. The van der Waals surface area contributed by atoms with Crippen LogP contribution in [0.3, 0.4) is 0 Å². The third-order valence-electron chi connectivity index (χ3n) is 3.22. The molecule has 4 heteroatoms. The van der Waals surface area contributed by atoms with Gasteiger partial charge in [0.05, 0.1) is 13.0 Å². The molecule has 0 aliphatic heterocycles. The molecular weight excluding hydrogens is 254 g/mol. The lowest BCUT2D eigenvalue weighted by molar-refractivity contribution is -0.137. The Hall–Kier alpha value is -1.55. The van der Waals surface area contributed by atoms with Crippen LogP contribution in [-0.4, -0.2) is 17.7 Å². The van der Waals surface area contributed by atoms with Crippen molar-refractivity contribution in [2.75, 3.05) is 6.61 Å². The van der Waals surface area contributed by atoms with Crippen LogP contribution >= 0.6 is 0 Å². The second kappa shape index (κ2) is 9.37. The van der Waals surface area contributed by atoms with E-state index in [0.29, 0.717) is 0 Å². The summed E-state index contributed by atoms with van der Waals surface area (Å²) >= 11 is 0. The molecule has 0 aliphatic rings. The molecule has 0 aromatic heterocycles. The van der Waals surface area contributed by atoms with E-state index in [4.69, 9.17) is 15.6 Å². The minimum atomic E-state index is -0.884. The van der Waals surface area contributed by atoms with Crippen LogP contribution in [0.1, 0.15) is 57.1 Å². The van der Waals surface area contributed by atoms with Gasteiger partial charge in [-0.2, -0.15) is 0 Å². The molecule has 0 fully saturated rings. The van der Waals surface area contributed by atoms with Crippen molar-refractivity contribution in [3.63, 3.8) is 0 Å². The highest BCUT2D eigenvalue weighted by atomic mass is 16.5. The second-order valence-corrected chi connectivity index (χ2v) is 5.04. The number of carbonyl (C=O) groups is 1. The van der Waals surface area contributed by atoms with Crippen LogP contribution in [0.5, 0.6) is 5.75 Å². The Labute approximate surface area is 120 Å². The van der Waals surface area contributed by atoms with E-state index < -0.39 is 12.0 Å². The van der Waals surface area contributed by atoms with Gasteiger partial charge < -0.3 is 15.6 Å². The summed E-state index contributed by atoms with van der Waals surface area (Å²) < 4.78 is 5.64. The van der Waals surface area contributed by atoms with Crippen LogP contribution in [0.25, 0.3) is 0 Å². The summed E-state index contributed by atoms with van der Waals surface area (Å²) in [5.74, 6) is -0.0725. The zero-order valence-corrected chi connectivity index (χ0v) is 12.2. The maximum atomic E-state index is 10.6. The molecule has 1 aromatic carbocycles. The Kier molecular flexibility index (Phi) is 7.73. The monoisotopic (exact) mass is 279 g/mol. The number of benzene rings is 1. The Balaban J connectivity index is 2.29. The maximum Gasteiger partial charge on any atom is 0.305 e. The van der Waals surface area contributed by atoms with Crippen LogP contribution in [0, 0.1) is 0 Å². The van der Waals surface area contributed by atoms with E-state index in [1.165, 1.54) is 25.7 Å². The predicted octanol–water partition coefficient (Wildman–Crippen LogP) is 3.51. The zero-order valence-electron chi connectivity index (χ0n) is 12.2. The first-order chi connectivity index (χ1) is 9.63. The van der Waals surface area contributed by atoms with Gasteiger partial charge in [0, 0.05) is 6.04 Å². The van der Waals surface area contributed by atoms with Crippen molar-refractivity contribution in [1.82, 2.24) is 0 Å². The molecule has 1 atom stereocenters. The molecule has 112 valence electrons. The van der Waals surface area contributed by atoms with Gasteiger partial charge in [-0.15, -0.1) is 0 Å². The van der Waals surface area contributed by atoms with Crippen molar-refractivity contribution < 1.29 is 14.6 Å². The van der Waals surface area contributed by atoms with E-state index in [-0.39, 0.29) is 6.42 Å². The van der Waals surface area contributed by atoms with Gasteiger partial charge >= 0.3 is 5.97 Å². The van der Waals surface area contributed by atoms with Gasteiger partial charge in [0.2, 0.25) is 0 Å². The Morgan fingerprint density at radius 3 is 2.45 bits per heavy atom. The first-order valence-electron chi connectivity index (χ1n) is 7.33. The van der Waals surface area contributed by atoms with Crippen LogP contribution in [0.4, 0.5) is 0 Å². The molecule has 1 unspecified atom stereocenters. The van der Waals surface area contributed by atoms with Crippen molar-refractivity contribution in [1.29, 1.82) is 0 Å². The molecule has 1 aromatic rings. The molecule has 0 saturated carbocycles. The lowest BCUT2D eigenvalue weighted by atomic mass is 10.0. The standard InChI is InChI=1S/C16H25NO3/c1-2-3-4-5-6-11-20-14-9-7-13(8-10-14)15(17)12-16(18)19/h7-10,15H,2-6,11-12,17H2,1H3,(H,18,19). The zero-order chi connectivity index (χ0) is 14.8. The maximum absolute atomic E-state index is 10.6. The van der Waals surface area contributed by atoms with Gasteiger partial charge in [-0.25, -0.2) is 0 Å². The molecular formula is C16H25NO3. The van der Waals surface area contributed by atoms with E-state index in [2.05, 4.69) is 6.92 Å². The predicted molar refractivity (Wildman–Crippen MR) is 79.9 cm³/mol. The van der Waals surface area contributed by atoms with Crippen LogP contribution in [-0.2, 0) is 4.79 Å².